The lowest BCUT2D eigenvalue weighted by Gasteiger charge is -2.11. The van der Waals surface area contributed by atoms with Gasteiger partial charge in [0.1, 0.15) is 11.5 Å². The van der Waals surface area contributed by atoms with Gasteiger partial charge in [-0.25, -0.2) is 0 Å². The molecule has 0 aliphatic carbocycles. The van der Waals surface area contributed by atoms with Crippen LogP contribution in [0.1, 0.15) is 36.5 Å². The van der Waals surface area contributed by atoms with E-state index in [2.05, 4.69) is 19.9 Å². The van der Waals surface area contributed by atoms with Crippen molar-refractivity contribution in [3.8, 4) is 5.75 Å². The highest BCUT2D eigenvalue weighted by atomic mass is 16.5. The SMILES string of the molecule is CCC(=O)CCc1cc(C)c(C)cc1OC. The minimum absolute atomic E-state index is 0.306. The molecule has 0 unspecified atom stereocenters. The molecule has 0 heterocycles. The zero-order valence-electron chi connectivity index (χ0n) is 10.6. The number of ketones is 1. The van der Waals surface area contributed by atoms with Gasteiger partial charge in [0.15, 0.2) is 0 Å². The van der Waals surface area contributed by atoms with Gasteiger partial charge in [0, 0.05) is 12.8 Å². The highest BCUT2D eigenvalue weighted by Crippen LogP contribution is 2.24. The molecule has 0 saturated carbocycles. The summed E-state index contributed by atoms with van der Waals surface area (Å²) in [5.41, 5.74) is 3.61. The zero-order chi connectivity index (χ0) is 12.1. The van der Waals surface area contributed by atoms with Gasteiger partial charge in [-0.3, -0.25) is 4.79 Å². The van der Waals surface area contributed by atoms with Crippen LogP contribution in [0.15, 0.2) is 12.1 Å². The van der Waals surface area contributed by atoms with Gasteiger partial charge in [-0.1, -0.05) is 13.0 Å². The molecule has 0 radical (unpaired) electrons. The van der Waals surface area contributed by atoms with E-state index >= 15 is 0 Å². The van der Waals surface area contributed by atoms with E-state index in [1.54, 1.807) is 7.11 Å². The molecule has 1 rings (SSSR count). The van der Waals surface area contributed by atoms with Crippen molar-refractivity contribution < 1.29 is 9.53 Å². The number of Topliss-reactive ketones (excluding diaryl/α,β-unsaturated/α-hetero) is 1. The van der Waals surface area contributed by atoms with Crippen LogP contribution in [0.5, 0.6) is 5.75 Å². The average Bonchev–Trinajstić information content (AvgIpc) is 2.29. The Morgan fingerprint density at radius 3 is 2.44 bits per heavy atom. The van der Waals surface area contributed by atoms with Crippen molar-refractivity contribution in [3.63, 3.8) is 0 Å². The molecule has 2 nitrogen and oxygen atoms in total. The summed E-state index contributed by atoms with van der Waals surface area (Å²) in [6, 6.07) is 4.16. The van der Waals surface area contributed by atoms with E-state index in [0.717, 1.165) is 17.7 Å². The van der Waals surface area contributed by atoms with Gasteiger partial charge in [0.05, 0.1) is 7.11 Å². The first-order valence-corrected chi connectivity index (χ1v) is 5.74. The number of carbonyl (C=O) groups excluding carboxylic acids is 1. The second-order valence-electron chi connectivity index (χ2n) is 4.14. The molecule has 0 aliphatic heterocycles. The van der Waals surface area contributed by atoms with Gasteiger partial charge >= 0.3 is 0 Å². The van der Waals surface area contributed by atoms with Crippen molar-refractivity contribution >= 4 is 5.78 Å². The Kier molecular flexibility index (Phi) is 4.53. The molecule has 1 aromatic carbocycles. The van der Waals surface area contributed by atoms with Crippen LogP contribution in [0.2, 0.25) is 0 Å². The predicted octanol–water partition coefficient (Wildman–Crippen LogP) is 3.22. The first kappa shape index (κ1) is 12.8. The summed E-state index contributed by atoms with van der Waals surface area (Å²) in [5, 5.41) is 0. The van der Waals surface area contributed by atoms with Crippen molar-refractivity contribution in [2.24, 2.45) is 0 Å². The maximum Gasteiger partial charge on any atom is 0.132 e. The Morgan fingerprint density at radius 2 is 1.88 bits per heavy atom. The van der Waals surface area contributed by atoms with Crippen molar-refractivity contribution in [3.05, 3.63) is 28.8 Å². The number of carbonyl (C=O) groups is 1. The summed E-state index contributed by atoms with van der Waals surface area (Å²) in [4.78, 5) is 11.3. The summed E-state index contributed by atoms with van der Waals surface area (Å²) in [6.45, 7) is 6.05. The molecule has 0 bridgehead atoms. The Morgan fingerprint density at radius 1 is 1.25 bits per heavy atom. The van der Waals surface area contributed by atoms with Gasteiger partial charge < -0.3 is 4.74 Å². The fourth-order valence-corrected chi connectivity index (χ4v) is 1.69. The fraction of sp³-hybridized carbons (Fsp3) is 0.500. The highest BCUT2D eigenvalue weighted by molar-refractivity contribution is 5.78. The largest absolute Gasteiger partial charge is 0.496 e. The van der Waals surface area contributed by atoms with Crippen LogP contribution < -0.4 is 4.74 Å². The average molecular weight is 220 g/mol. The van der Waals surface area contributed by atoms with E-state index < -0.39 is 0 Å². The van der Waals surface area contributed by atoms with E-state index in [-0.39, 0.29) is 0 Å². The van der Waals surface area contributed by atoms with Crippen LogP contribution in [0.4, 0.5) is 0 Å². The molecule has 0 atom stereocenters. The maximum atomic E-state index is 11.3. The van der Waals surface area contributed by atoms with Crippen molar-refractivity contribution in [1.82, 2.24) is 0 Å². The number of hydrogen-bond acceptors (Lipinski definition) is 2. The fourth-order valence-electron chi connectivity index (χ4n) is 1.69. The Balaban J connectivity index is 2.86. The second kappa shape index (κ2) is 5.69. The normalized spacial score (nSPS) is 10.2. The van der Waals surface area contributed by atoms with Gasteiger partial charge in [0.2, 0.25) is 0 Å². The standard InChI is InChI=1S/C14H20O2/c1-5-13(15)7-6-12-8-10(2)11(3)9-14(12)16-4/h8-9H,5-7H2,1-4H3. The molecule has 0 aromatic heterocycles. The molecule has 1 aromatic rings. The lowest BCUT2D eigenvalue weighted by atomic mass is 10.0. The number of rotatable bonds is 5. The van der Waals surface area contributed by atoms with Crippen LogP contribution in [0.25, 0.3) is 0 Å². The van der Waals surface area contributed by atoms with E-state index in [4.69, 9.17) is 4.74 Å². The van der Waals surface area contributed by atoms with E-state index in [1.807, 2.05) is 13.0 Å². The van der Waals surface area contributed by atoms with Gasteiger partial charge in [-0.15, -0.1) is 0 Å². The Bertz CT molecular complexity index is 381. The molecular formula is C14H20O2. The number of ether oxygens (including phenoxy) is 1. The van der Waals surface area contributed by atoms with E-state index in [1.165, 1.54) is 11.1 Å². The van der Waals surface area contributed by atoms with E-state index in [9.17, 15) is 4.79 Å². The van der Waals surface area contributed by atoms with E-state index in [0.29, 0.717) is 18.6 Å². The molecule has 0 saturated heterocycles. The molecule has 2 heteroatoms. The molecule has 0 amide bonds. The Labute approximate surface area is 97.6 Å². The van der Waals surface area contributed by atoms with Gasteiger partial charge in [0.25, 0.3) is 0 Å². The van der Waals surface area contributed by atoms with Crippen LogP contribution in [-0.2, 0) is 11.2 Å². The molecule has 16 heavy (non-hydrogen) atoms. The molecule has 88 valence electrons. The minimum Gasteiger partial charge on any atom is -0.496 e. The third kappa shape index (κ3) is 3.09. The zero-order valence-corrected chi connectivity index (χ0v) is 10.6. The van der Waals surface area contributed by atoms with Crippen LogP contribution >= 0.6 is 0 Å². The van der Waals surface area contributed by atoms with Crippen LogP contribution in [-0.4, -0.2) is 12.9 Å². The summed E-state index contributed by atoms with van der Waals surface area (Å²) in [6.07, 6.45) is 2.00. The third-order valence-corrected chi connectivity index (χ3v) is 2.96. The molecule has 0 spiro atoms. The molecule has 0 N–H and O–H groups in total. The molecular weight excluding hydrogens is 200 g/mol. The topological polar surface area (TPSA) is 26.3 Å². The summed E-state index contributed by atoms with van der Waals surface area (Å²) >= 11 is 0. The Hall–Kier alpha value is -1.31. The number of aryl methyl sites for hydroxylation is 3. The summed E-state index contributed by atoms with van der Waals surface area (Å²) in [7, 11) is 1.68. The third-order valence-electron chi connectivity index (χ3n) is 2.96. The number of methoxy groups -OCH3 is 1. The highest BCUT2D eigenvalue weighted by Gasteiger charge is 2.07. The van der Waals surface area contributed by atoms with Crippen LogP contribution in [0.3, 0.4) is 0 Å². The molecule has 0 aliphatic rings. The maximum absolute atomic E-state index is 11.3. The predicted molar refractivity (Wildman–Crippen MR) is 66.1 cm³/mol. The van der Waals surface area contributed by atoms with Crippen LogP contribution in [0, 0.1) is 13.8 Å². The summed E-state index contributed by atoms with van der Waals surface area (Å²) in [5.74, 6) is 1.20. The number of hydrogen-bond donors (Lipinski definition) is 0. The van der Waals surface area contributed by atoms with Crippen molar-refractivity contribution in [1.29, 1.82) is 0 Å². The molecule has 0 fully saturated rings. The smallest absolute Gasteiger partial charge is 0.132 e. The minimum atomic E-state index is 0.306. The van der Waals surface area contributed by atoms with Crippen molar-refractivity contribution in [2.45, 2.75) is 40.0 Å². The number of benzene rings is 1. The lowest BCUT2D eigenvalue weighted by molar-refractivity contribution is -0.118. The van der Waals surface area contributed by atoms with Gasteiger partial charge in [-0.05, 0) is 43.0 Å². The monoisotopic (exact) mass is 220 g/mol. The quantitative estimate of drug-likeness (QED) is 0.761. The summed E-state index contributed by atoms with van der Waals surface area (Å²) < 4.78 is 5.34. The first-order chi connectivity index (χ1) is 7.58. The first-order valence-electron chi connectivity index (χ1n) is 5.74. The van der Waals surface area contributed by atoms with Gasteiger partial charge in [-0.2, -0.15) is 0 Å². The lowest BCUT2D eigenvalue weighted by Crippen LogP contribution is -2.00. The second-order valence-corrected chi connectivity index (χ2v) is 4.14. The van der Waals surface area contributed by atoms with Crippen molar-refractivity contribution in [2.75, 3.05) is 7.11 Å².